The predicted molar refractivity (Wildman–Crippen MR) is 125 cm³/mol. The average molecular weight is 427 g/mol. The third-order valence-electron chi connectivity index (χ3n) is 6.17. The van der Waals surface area contributed by atoms with Gasteiger partial charge in [0, 0.05) is 23.4 Å². The van der Waals surface area contributed by atoms with E-state index < -0.39 is 0 Å². The van der Waals surface area contributed by atoms with E-state index in [1.54, 1.807) is 10.9 Å². The summed E-state index contributed by atoms with van der Waals surface area (Å²) < 4.78 is 1.77. The quantitative estimate of drug-likeness (QED) is 0.611. The average Bonchev–Trinajstić information content (AvgIpc) is 3.17. The molecule has 1 amide bonds. The van der Waals surface area contributed by atoms with Gasteiger partial charge in [-0.25, -0.2) is 4.68 Å². The lowest BCUT2D eigenvalue weighted by Crippen LogP contribution is -2.36. The van der Waals surface area contributed by atoms with Crippen molar-refractivity contribution < 1.29 is 9.59 Å². The minimum absolute atomic E-state index is 0.129. The largest absolute Gasteiger partial charge is 0.343 e. The molecule has 0 saturated carbocycles. The standard InChI is InChI=1S/C26H26N4O2/c1-16-9-11-18(12-10-16)28-25(32)19-15-27-30-23(17-7-5-4-6-8-17)22-20(29-24(19)30)13-26(2,3)14-21(22)31/h4-12,15,23,29H,13-14H2,1-3H3,(H,28,32)/t23-/m0/s1. The Morgan fingerprint density at radius 1 is 1.09 bits per heavy atom. The Balaban J connectivity index is 1.58. The summed E-state index contributed by atoms with van der Waals surface area (Å²) in [5, 5.41) is 10.9. The number of benzene rings is 2. The summed E-state index contributed by atoms with van der Waals surface area (Å²) in [6, 6.07) is 17.2. The number of aromatic nitrogens is 2. The molecule has 1 aromatic heterocycles. The molecule has 32 heavy (non-hydrogen) atoms. The Labute approximate surface area is 187 Å². The number of Topliss-reactive ketones (excluding diaryl/α,β-unsaturated/α-hetero) is 1. The van der Waals surface area contributed by atoms with Gasteiger partial charge < -0.3 is 10.6 Å². The molecule has 6 heteroatoms. The third-order valence-corrected chi connectivity index (χ3v) is 6.17. The van der Waals surface area contributed by atoms with Gasteiger partial charge in [0.2, 0.25) is 0 Å². The molecular formula is C26H26N4O2. The van der Waals surface area contributed by atoms with Gasteiger partial charge in [-0.15, -0.1) is 0 Å². The number of aryl methyl sites for hydroxylation is 1. The van der Waals surface area contributed by atoms with Crippen LogP contribution in [0.1, 0.15) is 54.2 Å². The minimum Gasteiger partial charge on any atom is -0.343 e. The molecule has 0 fully saturated rings. The van der Waals surface area contributed by atoms with E-state index in [1.807, 2.05) is 61.5 Å². The van der Waals surface area contributed by atoms with Crippen LogP contribution in [0, 0.1) is 12.3 Å². The number of carbonyl (C=O) groups is 2. The second-order valence-corrected chi connectivity index (χ2v) is 9.44. The van der Waals surface area contributed by atoms with Crippen LogP contribution in [-0.2, 0) is 4.79 Å². The molecule has 0 bridgehead atoms. The van der Waals surface area contributed by atoms with Crippen LogP contribution in [0.4, 0.5) is 11.5 Å². The molecule has 5 rings (SSSR count). The molecular weight excluding hydrogens is 400 g/mol. The molecule has 1 aliphatic carbocycles. The molecule has 162 valence electrons. The maximum atomic E-state index is 13.2. The normalized spacial score (nSPS) is 19.1. The first-order valence-corrected chi connectivity index (χ1v) is 10.9. The summed E-state index contributed by atoms with van der Waals surface area (Å²) in [4.78, 5) is 26.4. The van der Waals surface area contributed by atoms with Crippen LogP contribution in [0.3, 0.4) is 0 Å². The van der Waals surface area contributed by atoms with Crippen molar-refractivity contribution in [3.8, 4) is 0 Å². The smallest absolute Gasteiger partial charge is 0.261 e. The Morgan fingerprint density at radius 2 is 1.81 bits per heavy atom. The third kappa shape index (κ3) is 3.51. The van der Waals surface area contributed by atoms with Gasteiger partial charge in [0.1, 0.15) is 17.4 Å². The second-order valence-electron chi connectivity index (χ2n) is 9.44. The van der Waals surface area contributed by atoms with E-state index in [9.17, 15) is 9.59 Å². The molecule has 0 radical (unpaired) electrons. The van der Waals surface area contributed by atoms with Crippen molar-refractivity contribution >= 4 is 23.2 Å². The maximum absolute atomic E-state index is 13.2. The van der Waals surface area contributed by atoms with Gasteiger partial charge in [0.15, 0.2) is 5.78 Å². The molecule has 6 nitrogen and oxygen atoms in total. The number of nitrogens with zero attached hydrogens (tertiary/aromatic N) is 2. The SMILES string of the molecule is Cc1ccc(NC(=O)c2cnn3c2NC2=C(C(=O)CC(C)(C)C2)[C@@H]3c2ccccc2)cc1. The Bertz CT molecular complexity index is 1240. The van der Waals surface area contributed by atoms with Gasteiger partial charge in [-0.1, -0.05) is 61.9 Å². The van der Waals surface area contributed by atoms with Crippen LogP contribution >= 0.6 is 0 Å². The maximum Gasteiger partial charge on any atom is 0.261 e. The van der Waals surface area contributed by atoms with Crippen molar-refractivity contribution in [3.05, 3.63) is 88.8 Å². The lowest BCUT2D eigenvalue weighted by Gasteiger charge is -2.39. The highest BCUT2D eigenvalue weighted by Gasteiger charge is 2.42. The number of amides is 1. The van der Waals surface area contributed by atoms with Crippen molar-refractivity contribution in [2.24, 2.45) is 5.41 Å². The molecule has 2 heterocycles. The highest BCUT2D eigenvalue weighted by Crippen LogP contribution is 2.46. The molecule has 1 atom stereocenters. The monoisotopic (exact) mass is 426 g/mol. The zero-order valence-corrected chi connectivity index (χ0v) is 18.5. The van der Waals surface area contributed by atoms with Crippen LogP contribution in [0.5, 0.6) is 0 Å². The van der Waals surface area contributed by atoms with Gasteiger partial charge >= 0.3 is 0 Å². The van der Waals surface area contributed by atoms with E-state index in [1.165, 1.54) is 0 Å². The van der Waals surface area contributed by atoms with Crippen LogP contribution < -0.4 is 10.6 Å². The lowest BCUT2D eigenvalue weighted by atomic mass is 9.73. The number of hydrogen-bond donors (Lipinski definition) is 2. The molecule has 0 saturated heterocycles. The summed E-state index contributed by atoms with van der Waals surface area (Å²) in [5.41, 5.74) is 4.77. The van der Waals surface area contributed by atoms with Crippen molar-refractivity contribution in [2.45, 2.75) is 39.7 Å². The number of anilines is 2. The van der Waals surface area contributed by atoms with Crippen LogP contribution in [0.15, 0.2) is 72.1 Å². The van der Waals surface area contributed by atoms with Gasteiger partial charge in [0.25, 0.3) is 5.91 Å². The van der Waals surface area contributed by atoms with E-state index in [4.69, 9.17) is 0 Å². The van der Waals surface area contributed by atoms with Gasteiger partial charge in [0.05, 0.1) is 6.20 Å². The Hall–Kier alpha value is -3.67. The van der Waals surface area contributed by atoms with E-state index >= 15 is 0 Å². The molecule has 3 aromatic rings. The molecule has 2 aliphatic rings. The molecule has 1 aliphatic heterocycles. The van der Waals surface area contributed by atoms with Gasteiger partial charge in [-0.3, -0.25) is 9.59 Å². The summed E-state index contributed by atoms with van der Waals surface area (Å²) in [7, 11) is 0. The fourth-order valence-corrected chi connectivity index (χ4v) is 4.66. The Kier molecular flexibility index (Phi) is 4.73. The van der Waals surface area contributed by atoms with Gasteiger partial charge in [-0.2, -0.15) is 5.10 Å². The number of rotatable bonds is 3. The minimum atomic E-state index is -0.355. The molecule has 0 unspecified atom stereocenters. The fraction of sp³-hybridized carbons (Fsp3) is 0.269. The molecule has 0 spiro atoms. The first-order chi connectivity index (χ1) is 15.3. The predicted octanol–water partition coefficient (Wildman–Crippen LogP) is 5.10. The van der Waals surface area contributed by atoms with E-state index in [2.05, 4.69) is 29.6 Å². The first-order valence-electron chi connectivity index (χ1n) is 10.9. The number of carbonyl (C=O) groups excluding carboxylic acids is 2. The number of nitrogens with one attached hydrogen (secondary N) is 2. The van der Waals surface area contributed by atoms with Crippen molar-refractivity contribution in [1.82, 2.24) is 9.78 Å². The summed E-state index contributed by atoms with van der Waals surface area (Å²) in [5.74, 6) is 0.511. The van der Waals surface area contributed by atoms with Crippen molar-refractivity contribution in [1.29, 1.82) is 0 Å². The van der Waals surface area contributed by atoms with Crippen LogP contribution in [-0.4, -0.2) is 21.5 Å². The summed E-state index contributed by atoms with van der Waals surface area (Å²) in [6.07, 6.45) is 2.81. The van der Waals surface area contributed by atoms with E-state index in [-0.39, 0.29) is 23.1 Å². The Morgan fingerprint density at radius 3 is 2.53 bits per heavy atom. The molecule has 2 N–H and O–H groups in total. The first kappa shape index (κ1) is 20.2. The van der Waals surface area contributed by atoms with Crippen molar-refractivity contribution in [3.63, 3.8) is 0 Å². The highest BCUT2D eigenvalue weighted by atomic mass is 16.1. The zero-order chi connectivity index (χ0) is 22.5. The van der Waals surface area contributed by atoms with Crippen molar-refractivity contribution in [2.75, 3.05) is 10.6 Å². The number of ketones is 1. The topological polar surface area (TPSA) is 76.0 Å². The number of allylic oxidation sites excluding steroid dienone is 2. The lowest BCUT2D eigenvalue weighted by molar-refractivity contribution is -0.118. The number of fused-ring (bicyclic) bond motifs is 1. The van der Waals surface area contributed by atoms with E-state index in [0.717, 1.165) is 34.5 Å². The fourth-order valence-electron chi connectivity index (χ4n) is 4.66. The highest BCUT2D eigenvalue weighted by molar-refractivity contribution is 6.08. The van der Waals surface area contributed by atoms with Crippen LogP contribution in [0.25, 0.3) is 0 Å². The molecule has 2 aromatic carbocycles. The summed E-state index contributed by atoms with van der Waals surface area (Å²) in [6.45, 7) is 6.21. The van der Waals surface area contributed by atoms with Gasteiger partial charge in [-0.05, 0) is 36.5 Å². The zero-order valence-electron chi connectivity index (χ0n) is 18.5. The van der Waals surface area contributed by atoms with E-state index in [0.29, 0.717) is 17.8 Å². The van der Waals surface area contributed by atoms with Crippen LogP contribution in [0.2, 0.25) is 0 Å². The second kappa shape index (κ2) is 7.48. The summed E-state index contributed by atoms with van der Waals surface area (Å²) >= 11 is 0. The number of hydrogen-bond acceptors (Lipinski definition) is 4.